The number of rotatable bonds is 6. The molecule has 0 aliphatic carbocycles. The molecule has 2 N–H and O–H groups in total. The molecule has 1 heterocycles. The van der Waals surface area contributed by atoms with Gasteiger partial charge >= 0.3 is 0 Å². The maximum atomic E-state index is 9.65. The normalized spacial score (nSPS) is 12.7. The highest BCUT2D eigenvalue weighted by atomic mass is 16.3. The zero-order valence-corrected chi connectivity index (χ0v) is 10.5. The molecule has 0 amide bonds. The number of aromatic hydroxyl groups is 1. The summed E-state index contributed by atoms with van der Waals surface area (Å²) in [5, 5.41) is 13.1. The van der Waals surface area contributed by atoms with Crippen LogP contribution >= 0.6 is 0 Å². The van der Waals surface area contributed by atoms with E-state index in [0.29, 0.717) is 12.6 Å². The molecular formula is C13H22N2O. The fourth-order valence-corrected chi connectivity index (χ4v) is 1.77. The second-order valence-electron chi connectivity index (χ2n) is 4.19. The van der Waals surface area contributed by atoms with Gasteiger partial charge in [-0.15, -0.1) is 0 Å². The Hall–Kier alpha value is -1.09. The summed E-state index contributed by atoms with van der Waals surface area (Å²) < 4.78 is 0. The second kappa shape index (κ2) is 6.48. The Bertz CT molecular complexity index is 326. The summed E-state index contributed by atoms with van der Waals surface area (Å²) in [6.07, 6.45) is 3.46. The van der Waals surface area contributed by atoms with E-state index in [1.807, 2.05) is 13.0 Å². The lowest BCUT2D eigenvalue weighted by atomic mass is 10.1. The van der Waals surface area contributed by atoms with Gasteiger partial charge in [-0.05, 0) is 31.9 Å². The molecule has 0 spiro atoms. The largest absolute Gasteiger partial charge is 0.506 e. The van der Waals surface area contributed by atoms with E-state index in [4.69, 9.17) is 0 Å². The number of hydrogen-bond donors (Lipinski definition) is 2. The summed E-state index contributed by atoms with van der Waals surface area (Å²) in [5.41, 5.74) is 1.69. The summed E-state index contributed by atoms with van der Waals surface area (Å²) in [6.45, 7) is 6.95. The lowest BCUT2D eigenvalue weighted by Gasteiger charge is -2.16. The number of aryl methyl sites for hydroxylation is 1. The third kappa shape index (κ3) is 3.81. The number of nitrogens with one attached hydrogen (secondary N) is 1. The van der Waals surface area contributed by atoms with E-state index in [1.165, 1.54) is 12.8 Å². The molecule has 1 aromatic rings. The first-order valence-corrected chi connectivity index (χ1v) is 6.06. The molecule has 90 valence electrons. The maximum Gasteiger partial charge on any atom is 0.138 e. The molecule has 1 rings (SSSR count). The number of hydrogen-bond acceptors (Lipinski definition) is 3. The SMILES string of the molecule is CCCC(CC)NCc1nc(C)ccc1O. The van der Waals surface area contributed by atoms with Gasteiger partial charge in [-0.3, -0.25) is 4.98 Å². The van der Waals surface area contributed by atoms with Crippen molar-refractivity contribution < 1.29 is 5.11 Å². The monoisotopic (exact) mass is 222 g/mol. The average molecular weight is 222 g/mol. The van der Waals surface area contributed by atoms with Crippen molar-refractivity contribution in [3.8, 4) is 5.75 Å². The fraction of sp³-hybridized carbons (Fsp3) is 0.615. The standard InChI is InChI=1S/C13H22N2O/c1-4-6-11(5-2)14-9-12-13(16)8-7-10(3)15-12/h7-8,11,14,16H,4-6,9H2,1-3H3. The smallest absolute Gasteiger partial charge is 0.138 e. The lowest BCUT2D eigenvalue weighted by molar-refractivity contribution is 0.433. The van der Waals surface area contributed by atoms with Crippen LogP contribution in [0.15, 0.2) is 12.1 Å². The van der Waals surface area contributed by atoms with E-state index in [1.54, 1.807) is 6.07 Å². The van der Waals surface area contributed by atoms with Crippen LogP contribution in [-0.2, 0) is 6.54 Å². The zero-order chi connectivity index (χ0) is 12.0. The topological polar surface area (TPSA) is 45.2 Å². The quantitative estimate of drug-likeness (QED) is 0.778. The van der Waals surface area contributed by atoms with Gasteiger partial charge in [-0.25, -0.2) is 0 Å². The van der Waals surface area contributed by atoms with Gasteiger partial charge in [0.05, 0.1) is 5.69 Å². The third-order valence-corrected chi connectivity index (χ3v) is 2.78. The molecule has 1 unspecified atom stereocenters. The summed E-state index contributed by atoms with van der Waals surface area (Å²) in [7, 11) is 0. The van der Waals surface area contributed by atoms with Gasteiger partial charge in [-0.2, -0.15) is 0 Å². The molecule has 0 aromatic carbocycles. The van der Waals surface area contributed by atoms with Crippen molar-refractivity contribution in [1.82, 2.24) is 10.3 Å². The van der Waals surface area contributed by atoms with E-state index < -0.39 is 0 Å². The Labute approximate surface area is 97.9 Å². The van der Waals surface area contributed by atoms with Crippen molar-refractivity contribution in [2.45, 2.75) is 52.6 Å². The molecule has 0 fully saturated rings. The first-order chi connectivity index (χ1) is 7.67. The molecule has 16 heavy (non-hydrogen) atoms. The molecule has 1 aromatic heterocycles. The minimum atomic E-state index is 0.282. The Balaban J connectivity index is 2.55. The van der Waals surface area contributed by atoms with Crippen LogP contribution in [0, 0.1) is 6.92 Å². The van der Waals surface area contributed by atoms with Crippen LogP contribution in [0.2, 0.25) is 0 Å². The highest BCUT2D eigenvalue weighted by Gasteiger charge is 2.07. The third-order valence-electron chi connectivity index (χ3n) is 2.78. The average Bonchev–Trinajstić information content (AvgIpc) is 2.28. The summed E-state index contributed by atoms with van der Waals surface area (Å²) >= 11 is 0. The van der Waals surface area contributed by atoms with Crippen LogP contribution in [0.3, 0.4) is 0 Å². The second-order valence-corrected chi connectivity index (χ2v) is 4.19. The van der Waals surface area contributed by atoms with E-state index >= 15 is 0 Å². The summed E-state index contributed by atoms with van der Waals surface area (Å²) in [5.74, 6) is 0.282. The van der Waals surface area contributed by atoms with E-state index in [2.05, 4.69) is 24.1 Å². The number of nitrogens with zero attached hydrogens (tertiary/aromatic N) is 1. The molecule has 0 saturated heterocycles. The van der Waals surface area contributed by atoms with Crippen molar-refractivity contribution in [3.05, 3.63) is 23.5 Å². The van der Waals surface area contributed by atoms with Gasteiger partial charge in [0, 0.05) is 18.3 Å². The van der Waals surface area contributed by atoms with Crippen LogP contribution in [-0.4, -0.2) is 16.1 Å². The predicted molar refractivity (Wildman–Crippen MR) is 66.5 cm³/mol. The highest BCUT2D eigenvalue weighted by Crippen LogP contribution is 2.15. The molecular weight excluding hydrogens is 200 g/mol. The predicted octanol–water partition coefficient (Wildman–Crippen LogP) is 2.76. The van der Waals surface area contributed by atoms with Crippen LogP contribution < -0.4 is 5.32 Å². The molecule has 0 saturated carbocycles. The van der Waals surface area contributed by atoms with Crippen molar-refractivity contribution in [1.29, 1.82) is 0 Å². The Morgan fingerprint density at radius 3 is 2.75 bits per heavy atom. The minimum absolute atomic E-state index is 0.282. The first kappa shape index (κ1) is 13.0. The van der Waals surface area contributed by atoms with Crippen LogP contribution in [0.25, 0.3) is 0 Å². The molecule has 3 heteroatoms. The fourth-order valence-electron chi connectivity index (χ4n) is 1.77. The molecule has 0 aliphatic heterocycles. The Kier molecular flexibility index (Phi) is 5.26. The van der Waals surface area contributed by atoms with Crippen molar-refractivity contribution >= 4 is 0 Å². The van der Waals surface area contributed by atoms with Crippen molar-refractivity contribution in [2.24, 2.45) is 0 Å². The molecule has 3 nitrogen and oxygen atoms in total. The number of pyridine rings is 1. The van der Waals surface area contributed by atoms with Gasteiger partial charge in [0.2, 0.25) is 0 Å². The van der Waals surface area contributed by atoms with E-state index in [0.717, 1.165) is 17.8 Å². The zero-order valence-electron chi connectivity index (χ0n) is 10.5. The van der Waals surface area contributed by atoms with Gasteiger partial charge in [-0.1, -0.05) is 20.3 Å². The molecule has 1 atom stereocenters. The van der Waals surface area contributed by atoms with Crippen molar-refractivity contribution in [3.63, 3.8) is 0 Å². The van der Waals surface area contributed by atoms with E-state index in [9.17, 15) is 5.11 Å². The Morgan fingerprint density at radius 2 is 2.12 bits per heavy atom. The summed E-state index contributed by atoms with van der Waals surface area (Å²) in [6, 6.07) is 4.05. The first-order valence-electron chi connectivity index (χ1n) is 6.06. The minimum Gasteiger partial charge on any atom is -0.506 e. The van der Waals surface area contributed by atoms with Gasteiger partial charge in [0.15, 0.2) is 0 Å². The van der Waals surface area contributed by atoms with Gasteiger partial charge in [0.25, 0.3) is 0 Å². The summed E-state index contributed by atoms with van der Waals surface area (Å²) in [4.78, 5) is 4.33. The highest BCUT2D eigenvalue weighted by molar-refractivity contribution is 5.27. The molecule has 0 bridgehead atoms. The Morgan fingerprint density at radius 1 is 1.38 bits per heavy atom. The van der Waals surface area contributed by atoms with Crippen LogP contribution in [0.1, 0.15) is 44.5 Å². The lowest BCUT2D eigenvalue weighted by Crippen LogP contribution is -2.28. The van der Waals surface area contributed by atoms with Crippen LogP contribution in [0.5, 0.6) is 5.75 Å². The maximum absolute atomic E-state index is 9.65. The van der Waals surface area contributed by atoms with Crippen molar-refractivity contribution in [2.75, 3.05) is 0 Å². The van der Waals surface area contributed by atoms with Gasteiger partial charge in [0.1, 0.15) is 5.75 Å². The van der Waals surface area contributed by atoms with Crippen LogP contribution in [0.4, 0.5) is 0 Å². The molecule has 0 aliphatic rings. The van der Waals surface area contributed by atoms with E-state index in [-0.39, 0.29) is 5.75 Å². The number of aromatic nitrogens is 1. The van der Waals surface area contributed by atoms with Gasteiger partial charge < -0.3 is 10.4 Å². The molecule has 0 radical (unpaired) electrons.